The monoisotopic (exact) mass is 408 g/mol. The molecule has 0 spiro atoms. The van der Waals surface area contributed by atoms with Gasteiger partial charge in [0.05, 0.1) is 17.2 Å². The molecule has 1 heterocycles. The molecule has 0 fully saturated rings. The number of halogens is 3. The maximum atomic E-state index is 12.3. The van der Waals surface area contributed by atoms with Crippen LogP contribution in [0.2, 0.25) is 0 Å². The number of amides is 3. The molecule has 0 aliphatic carbocycles. The Morgan fingerprint density at radius 2 is 1.68 bits per heavy atom. The number of rotatable bonds is 5. The summed E-state index contributed by atoms with van der Waals surface area (Å²) in [5, 5.41) is 2.23. The number of nitrogens with zero attached hydrogens (tertiary/aromatic N) is 1. The third-order valence-corrected chi connectivity index (χ3v) is 3.73. The number of fused-ring (bicyclic) bond motifs is 1. The fourth-order valence-electron chi connectivity index (χ4n) is 2.08. The van der Waals surface area contributed by atoms with Crippen LogP contribution in [0.15, 0.2) is 24.3 Å². The zero-order valence-corrected chi connectivity index (χ0v) is 15.6. The predicted octanol–water partition coefficient (Wildman–Crippen LogP) is 3.09. The van der Waals surface area contributed by atoms with Gasteiger partial charge >= 0.3 is 6.09 Å². The van der Waals surface area contributed by atoms with E-state index in [2.05, 4.69) is 5.32 Å². The Morgan fingerprint density at radius 3 is 2.12 bits per heavy atom. The van der Waals surface area contributed by atoms with Crippen LogP contribution < -0.4 is 5.32 Å². The summed E-state index contributed by atoms with van der Waals surface area (Å²) in [5.41, 5.74) is 0.516. The average Bonchev–Trinajstić information content (AvgIpc) is 2.74. The Morgan fingerprint density at radius 1 is 1.16 bits per heavy atom. The molecule has 3 amide bonds. The fourth-order valence-corrected chi connectivity index (χ4v) is 2.43. The molecule has 0 saturated carbocycles. The number of benzene rings is 1. The van der Waals surface area contributed by atoms with E-state index >= 15 is 0 Å². The predicted molar refractivity (Wildman–Crippen MR) is 91.7 cm³/mol. The van der Waals surface area contributed by atoms with E-state index in [4.69, 9.17) is 44.3 Å². The molecule has 1 aliphatic heterocycles. The highest BCUT2D eigenvalue weighted by Gasteiger charge is 2.39. The van der Waals surface area contributed by atoms with Gasteiger partial charge in [-0.1, -0.05) is 46.9 Å². The lowest BCUT2D eigenvalue weighted by molar-refractivity contribution is -0.0204. The van der Waals surface area contributed by atoms with Crippen molar-refractivity contribution in [2.45, 2.75) is 30.0 Å². The van der Waals surface area contributed by atoms with Gasteiger partial charge in [0.2, 0.25) is 3.79 Å². The van der Waals surface area contributed by atoms with Gasteiger partial charge < -0.3 is 9.47 Å². The van der Waals surface area contributed by atoms with Crippen molar-refractivity contribution in [1.29, 1.82) is 0 Å². The molecule has 1 N–H and O–H groups in total. The van der Waals surface area contributed by atoms with Crippen LogP contribution in [0.4, 0.5) is 4.79 Å². The van der Waals surface area contributed by atoms with Gasteiger partial charge in [-0.25, -0.2) is 9.69 Å². The maximum absolute atomic E-state index is 12.3. The van der Waals surface area contributed by atoms with E-state index in [0.29, 0.717) is 0 Å². The Kier molecular flexibility index (Phi) is 6.16. The van der Waals surface area contributed by atoms with Crippen molar-refractivity contribution in [2.24, 2.45) is 0 Å². The number of alkyl carbamates (subject to hydrolysis) is 1. The summed E-state index contributed by atoms with van der Waals surface area (Å²) in [6.45, 7) is 2.78. The van der Waals surface area contributed by atoms with E-state index in [0.717, 1.165) is 4.90 Å². The summed E-state index contributed by atoms with van der Waals surface area (Å²) in [7, 11) is 0. The number of ether oxygens (including phenoxy) is 2. The third kappa shape index (κ3) is 4.76. The maximum Gasteiger partial charge on any atom is 0.409 e. The normalized spacial score (nSPS) is 15.4. The zero-order chi connectivity index (χ0) is 18.8. The number of hydrogen-bond acceptors (Lipinski definition) is 5. The third-order valence-electron chi connectivity index (χ3n) is 3.14. The Bertz CT molecular complexity index is 655. The first kappa shape index (κ1) is 19.8. The smallest absolute Gasteiger partial charge is 0.409 e. The topological polar surface area (TPSA) is 84.9 Å². The van der Waals surface area contributed by atoms with Crippen molar-refractivity contribution in [2.75, 3.05) is 6.73 Å². The molecule has 0 aromatic heterocycles. The number of hydrogen-bond donors (Lipinski definition) is 1. The van der Waals surface area contributed by atoms with Crippen LogP contribution in [0.5, 0.6) is 0 Å². The largest absolute Gasteiger partial charge is 0.447 e. The van der Waals surface area contributed by atoms with E-state index in [1.807, 2.05) is 0 Å². The van der Waals surface area contributed by atoms with E-state index < -0.39 is 40.8 Å². The summed E-state index contributed by atoms with van der Waals surface area (Å²) in [6, 6.07) is 6.34. The van der Waals surface area contributed by atoms with Crippen molar-refractivity contribution in [3.05, 3.63) is 35.4 Å². The van der Waals surface area contributed by atoms with Gasteiger partial charge in [-0.2, -0.15) is 0 Å². The minimum absolute atomic E-state index is 0.258. The lowest BCUT2D eigenvalue weighted by Crippen LogP contribution is -2.48. The van der Waals surface area contributed by atoms with Gasteiger partial charge in [0.15, 0.2) is 6.23 Å². The number of imide groups is 1. The molecule has 7 nitrogen and oxygen atoms in total. The van der Waals surface area contributed by atoms with Crippen LogP contribution in [-0.4, -0.2) is 45.7 Å². The van der Waals surface area contributed by atoms with Crippen molar-refractivity contribution < 1.29 is 23.9 Å². The lowest BCUT2D eigenvalue weighted by atomic mass is 10.1. The molecule has 1 aromatic rings. The highest BCUT2D eigenvalue weighted by molar-refractivity contribution is 6.68. The van der Waals surface area contributed by atoms with Crippen LogP contribution in [0, 0.1) is 0 Å². The molecule has 2 rings (SSSR count). The van der Waals surface area contributed by atoms with Gasteiger partial charge in [0, 0.05) is 0 Å². The quantitative estimate of drug-likeness (QED) is 0.459. The van der Waals surface area contributed by atoms with Crippen LogP contribution in [0.25, 0.3) is 0 Å². The second kappa shape index (κ2) is 7.78. The second-order valence-corrected chi connectivity index (χ2v) is 7.77. The standard InChI is InChI=1S/C15H15Cl3N2O5/c1-8(2)25-14(23)19-13(15(16,17)18)24-7-20-11(21)9-5-3-4-6-10(9)12(20)22/h3-6,8,13H,7H2,1-2H3,(H,19,23)/t13-/m0/s1. The summed E-state index contributed by atoms with van der Waals surface area (Å²) in [5.74, 6) is -1.07. The molecular weight excluding hydrogens is 395 g/mol. The minimum atomic E-state index is -2.05. The van der Waals surface area contributed by atoms with Crippen molar-refractivity contribution >= 4 is 52.7 Å². The van der Waals surface area contributed by atoms with E-state index in [9.17, 15) is 14.4 Å². The molecule has 136 valence electrons. The summed E-state index contributed by atoms with van der Waals surface area (Å²) in [4.78, 5) is 37.0. The molecule has 0 unspecified atom stereocenters. The SMILES string of the molecule is CC(C)OC(=O)N[C@@H](OCN1C(=O)c2ccccc2C1=O)C(Cl)(Cl)Cl. The van der Waals surface area contributed by atoms with Crippen LogP contribution in [0.3, 0.4) is 0 Å². The second-order valence-electron chi connectivity index (χ2n) is 5.40. The van der Waals surface area contributed by atoms with Gasteiger partial charge in [-0.15, -0.1) is 0 Å². The Labute approximate surface area is 159 Å². The number of nitrogens with one attached hydrogen (secondary N) is 1. The van der Waals surface area contributed by atoms with Crippen LogP contribution in [-0.2, 0) is 9.47 Å². The van der Waals surface area contributed by atoms with Crippen molar-refractivity contribution in [3.63, 3.8) is 0 Å². The van der Waals surface area contributed by atoms with Crippen molar-refractivity contribution in [1.82, 2.24) is 10.2 Å². The molecule has 10 heteroatoms. The number of alkyl halides is 3. The molecule has 1 aliphatic rings. The highest BCUT2D eigenvalue weighted by atomic mass is 35.6. The fraction of sp³-hybridized carbons (Fsp3) is 0.400. The summed E-state index contributed by atoms with van der Waals surface area (Å²) in [6.07, 6.45) is -2.70. The molecule has 25 heavy (non-hydrogen) atoms. The molecular formula is C15H15Cl3N2O5. The number of carbonyl (C=O) groups excluding carboxylic acids is 3. The lowest BCUT2D eigenvalue weighted by Gasteiger charge is -2.27. The molecule has 1 aromatic carbocycles. The average molecular weight is 410 g/mol. The molecule has 1 atom stereocenters. The Balaban J connectivity index is 2.05. The van der Waals surface area contributed by atoms with Gasteiger partial charge in [-0.3, -0.25) is 14.9 Å². The van der Waals surface area contributed by atoms with Gasteiger partial charge in [0.1, 0.15) is 6.73 Å². The molecule has 0 bridgehead atoms. The van der Waals surface area contributed by atoms with Crippen molar-refractivity contribution in [3.8, 4) is 0 Å². The first-order chi connectivity index (χ1) is 11.6. The molecule has 0 saturated heterocycles. The van der Waals surface area contributed by atoms with Crippen LogP contribution >= 0.6 is 34.8 Å². The van der Waals surface area contributed by atoms with Gasteiger partial charge in [-0.05, 0) is 26.0 Å². The van der Waals surface area contributed by atoms with Crippen LogP contribution in [0.1, 0.15) is 34.6 Å². The van der Waals surface area contributed by atoms with E-state index in [-0.39, 0.29) is 11.1 Å². The zero-order valence-electron chi connectivity index (χ0n) is 13.3. The minimum Gasteiger partial charge on any atom is -0.447 e. The van der Waals surface area contributed by atoms with Gasteiger partial charge in [0.25, 0.3) is 11.8 Å². The molecule has 0 radical (unpaired) electrons. The Hall–Kier alpha value is -1.54. The summed E-state index contributed by atoms with van der Waals surface area (Å²) < 4.78 is 8.13. The summed E-state index contributed by atoms with van der Waals surface area (Å²) >= 11 is 17.3. The highest BCUT2D eigenvalue weighted by Crippen LogP contribution is 2.32. The van der Waals surface area contributed by atoms with E-state index in [1.165, 1.54) is 12.1 Å². The first-order valence-electron chi connectivity index (χ1n) is 7.22. The number of carbonyl (C=O) groups is 3. The van der Waals surface area contributed by atoms with E-state index in [1.54, 1.807) is 26.0 Å². The first-order valence-corrected chi connectivity index (χ1v) is 8.35.